The average Bonchev–Trinajstić information content (AvgIpc) is 2.61. The lowest BCUT2D eigenvalue weighted by atomic mass is 9.85. The molecule has 1 aromatic heterocycles. The van der Waals surface area contributed by atoms with Gasteiger partial charge in [0.05, 0.1) is 12.9 Å². The van der Waals surface area contributed by atoms with Crippen LogP contribution in [-0.2, 0) is 12.1 Å². The van der Waals surface area contributed by atoms with E-state index in [-0.39, 0.29) is 34.3 Å². The summed E-state index contributed by atoms with van der Waals surface area (Å²) in [6, 6.07) is 2.63. The van der Waals surface area contributed by atoms with Crippen LogP contribution in [0.2, 0.25) is 5.02 Å². The molecule has 2 aromatic rings. The van der Waals surface area contributed by atoms with E-state index >= 15 is 0 Å². The van der Waals surface area contributed by atoms with Gasteiger partial charge in [-0.3, -0.25) is 9.36 Å². The molecule has 0 saturated carbocycles. The lowest BCUT2D eigenvalue weighted by Gasteiger charge is -2.37. The number of amides is 2. The molecule has 0 radical (unpaired) electrons. The van der Waals surface area contributed by atoms with Crippen molar-refractivity contribution < 1.29 is 18.0 Å². The summed E-state index contributed by atoms with van der Waals surface area (Å²) in [6.07, 6.45) is -2.29. The van der Waals surface area contributed by atoms with Crippen LogP contribution < -0.4 is 16.2 Å². The fourth-order valence-electron chi connectivity index (χ4n) is 2.87. The van der Waals surface area contributed by atoms with E-state index in [1.54, 1.807) is 13.8 Å². The molecule has 3 rings (SSSR count). The van der Waals surface area contributed by atoms with Crippen LogP contribution in [0.3, 0.4) is 0 Å². The summed E-state index contributed by atoms with van der Waals surface area (Å²) >= 11 is 6.25. The summed E-state index contributed by atoms with van der Waals surface area (Å²) in [5.41, 5.74) is -3.31. The van der Waals surface area contributed by atoms with Gasteiger partial charge in [-0.1, -0.05) is 37.3 Å². The first-order chi connectivity index (χ1) is 13.5. The standard InChI is InChI=1S/C19H16ClF3N4O2/c1-11(2)3-5-18(19(21,22)23)13-8-14(20)12(7-15(13)25-17(29)26-18)9-27-10-24-6-4-16(27)28/h4,6-8,10-11H,9H2,1-2H3,(H2,25,26,29). The maximum atomic E-state index is 14.1. The highest BCUT2D eigenvalue weighted by Gasteiger charge is 2.59. The third-order valence-corrected chi connectivity index (χ3v) is 4.60. The second kappa shape index (κ2) is 7.44. The Labute approximate surface area is 169 Å². The number of rotatable bonds is 2. The number of fused-ring (bicyclic) bond motifs is 1. The first-order valence-corrected chi connectivity index (χ1v) is 8.93. The largest absolute Gasteiger partial charge is 0.427 e. The van der Waals surface area contributed by atoms with Crippen molar-refractivity contribution >= 4 is 23.3 Å². The second-order valence-electron chi connectivity index (χ2n) is 6.79. The van der Waals surface area contributed by atoms with Crippen LogP contribution in [0, 0.1) is 17.8 Å². The molecule has 1 atom stereocenters. The van der Waals surface area contributed by atoms with E-state index in [2.05, 4.69) is 22.1 Å². The Morgan fingerprint density at radius 2 is 2.03 bits per heavy atom. The molecule has 2 N–H and O–H groups in total. The summed E-state index contributed by atoms with van der Waals surface area (Å²) in [7, 11) is 0. The minimum Gasteiger partial charge on any atom is -0.310 e. The van der Waals surface area contributed by atoms with Crippen molar-refractivity contribution in [3.05, 3.63) is 57.2 Å². The molecule has 0 spiro atoms. The third-order valence-electron chi connectivity index (χ3n) is 4.25. The molecular formula is C19H16ClF3N4O2. The van der Waals surface area contributed by atoms with Crippen LogP contribution >= 0.6 is 11.6 Å². The highest BCUT2D eigenvalue weighted by Crippen LogP contribution is 2.45. The van der Waals surface area contributed by atoms with E-state index in [1.807, 2.05) is 5.32 Å². The second-order valence-corrected chi connectivity index (χ2v) is 7.19. The van der Waals surface area contributed by atoms with Gasteiger partial charge < -0.3 is 10.6 Å². The highest BCUT2D eigenvalue weighted by atomic mass is 35.5. The SMILES string of the molecule is CC(C)C#CC1(C(F)(F)F)NC(=O)Nc2cc(Cn3cnccc3=O)c(Cl)cc21. The van der Waals surface area contributed by atoms with Gasteiger partial charge in [-0.2, -0.15) is 13.2 Å². The number of anilines is 1. The first kappa shape index (κ1) is 20.7. The normalized spacial score (nSPS) is 18.4. The summed E-state index contributed by atoms with van der Waals surface area (Å²) in [5, 5.41) is 4.27. The van der Waals surface area contributed by atoms with Gasteiger partial charge in [0.1, 0.15) is 0 Å². The van der Waals surface area contributed by atoms with Crippen LogP contribution in [0.5, 0.6) is 0 Å². The molecule has 1 aliphatic rings. The van der Waals surface area contributed by atoms with Gasteiger partial charge in [0.15, 0.2) is 0 Å². The molecule has 2 amide bonds. The first-order valence-electron chi connectivity index (χ1n) is 8.55. The van der Waals surface area contributed by atoms with Crippen molar-refractivity contribution in [3.63, 3.8) is 0 Å². The lowest BCUT2D eigenvalue weighted by molar-refractivity contribution is -0.178. The van der Waals surface area contributed by atoms with Crippen molar-refractivity contribution in [2.24, 2.45) is 5.92 Å². The fraction of sp³-hybridized carbons (Fsp3) is 0.316. The van der Waals surface area contributed by atoms with Crippen LogP contribution in [0.15, 0.2) is 35.5 Å². The summed E-state index contributed by atoms with van der Waals surface area (Å²) in [6.45, 7) is 3.25. The number of carbonyl (C=O) groups is 1. The van der Waals surface area contributed by atoms with Gasteiger partial charge in [-0.25, -0.2) is 9.78 Å². The Kier molecular flexibility index (Phi) is 5.32. The predicted molar refractivity (Wildman–Crippen MR) is 102 cm³/mol. The number of urea groups is 1. The van der Waals surface area contributed by atoms with Crippen LogP contribution in [0.1, 0.15) is 25.0 Å². The Morgan fingerprint density at radius 3 is 2.66 bits per heavy atom. The number of halogens is 4. The Bertz CT molecular complexity index is 1090. The van der Waals surface area contributed by atoms with Gasteiger partial charge >= 0.3 is 12.2 Å². The Hall–Kier alpha value is -2.99. The van der Waals surface area contributed by atoms with Crippen molar-refractivity contribution in [3.8, 4) is 11.8 Å². The molecule has 1 unspecified atom stereocenters. The minimum absolute atomic E-state index is 0.00239. The number of carbonyl (C=O) groups excluding carboxylic acids is 1. The number of nitrogens with one attached hydrogen (secondary N) is 2. The van der Waals surface area contributed by atoms with Gasteiger partial charge in [0, 0.05) is 34.5 Å². The van der Waals surface area contributed by atoms with E-state index < -0.39 is 17.7 Å². The summed E-state index contributed by atoms with van der Waals surface area (Å²) in [5.74, 6) is 4.34. The maximum absolute atomic E-state index is 14.1. The quantitative estimate of drug-likeness (QED) is 0.724. The lowest BCUT2D eigenvalue weighted by Crippen LogP contribution is -2.59. The van der Waals surface area contributed by atoms with E-state index in [1.165, 1.54) is 29.2 Å². The number of benzene rings is 1. The molecule has 0 saturated heterocycles. The van der Waals surface area contributed by atoms with Crippen molar-refractivity contribution in [2.75, 3.05) is 5.32 Å². The molecular weight excluding hydrogens is 409 g/mol. The van der Waals surface area contributed by atoms with Gasteiger partial charge in [0.25, 0.3) is 5.56 Å². The molecule has 1 aromatic carbocycles. The number of hydrogen-bond acceptors (Lipinski definition) is 3. The number of nitrogens with zero attached hydrogens (tertiary/aromatic N) is 2. The van der Waals surface area contributed by atoms with Crippen LogP contribution in [0.4, 0.5) is 23.7 Å². The molecule has 2 heterocycles. The van der Waals surface area contributed by atoms with E-state index in [9.17, 15) is 22.8 Å². The number of hydrogen-bond donors (Lipinski definition) is 2. The summed E-state index contributed by atoms with van der Waals surface area (Å²) < 4.78 is 43.5. The molecule has 1 aliphatic heterocycles. The maximum Gasteiger partial charge on any atom is 0.427 e. The molecule has 0 fully saturated rings. The molecule has 0 bridgehead atoms. The van der Waals surface area contributed by atoms with Gasteiger partial charge in [0.2, 0.25) is 5.54 Å². The van der Waals surface area contributed by atoms with Crippen LogP contribution in [0.25, 0.3) is 0 Å². The Balaban J connectivity index is 2.18. The third kappa shape index (κ3) is 3.93. The van der Waals surface area contributed by atoms with E-state index in [0.29, 0.717) is 5.56 Å². The topological polar surface area (TPSA) is 76.0 Å². The van der Waals surface area contributed by atoms with Gasteiger partial charge in [-0.15, -0.1) is 0 Å². The monoisotopic (exact) mass is 424 g/mol. The molecule has 6 nitrogen and oxygen atoms in total. The average molecular weight is 425 g/mol. The van der Waals surface area contributed by atoms with Crippen molar-refractivity contribution in [1.29, 1.82) is 0 Å². The fourth-order valence-corrected chi connectivity index (χ4v) is 3.09. The minimum atomic E-state index is -4.90. The predicted octanol–water partition coefficient (Wildman–Crippen LogP) is 3.50. The number of aromatic nitrogens is 2. The highest BCUT2D eigenvalue weighted by molar-refractivity contribution is 6.31. The summed E-state index contributed by atoms with van der Waals surface area (Å²) in [4.78, 5) is 27.8. The molecule has 0 aliphatic carbocycles. The smallest absolute Gasteiger partial charge is 0.310 e. The van der Waals surface area contributed by atoms with Crippen molar-refractivity contribution in [1.82, 2.24) is 14.9 Å². The molecule has 152 valence electrons. The number of alkyl halides is 3. The molecule has 29 heavy (non-hydrogen) atoms. The zero-order valence-electron chi connectivity index (χ0n) is 15.4. The van der Waals surface area contributed by atoms with Crippen molar-refractivity contribution in [2.45, 2.75) is 32.1 Å². The van der Waals surface area contributed by atoms with E-state index in [4.69, 9.17) is 11.6 Å². The van der Waals surface area contributed by atoms with Gasteiger partial charge in [-0.05, 0) is 17.7 Å². The molecule has 10 heteroatoms. The van der Waals surface area contributed by atoms with E-state index in [0.717, 1.165) is 6.07 Å². The Morgan fingerprint density at radius 1 is 1.31 bits per heavy atom. The zero-order chi connectivity index (χ0) is 21.4. The van der Waals surface area contributed by atoms with Crippen LogP contribution in [-0.4, -0.2) is 21.8 Å². The zero-order valence-corrected chi connectivity index (χ0v) is 16.1.